The molecule has 0 fully saturated rings. The number of benzene rings is 2. The normalized spacial score (nSPS) is 10.5. The molecule has 1 aromatic heterocycles. The van der Waals surface area contributed by atoms with Crippen LogP contribution in [0.5, 0.6) is 11.5 Å². The van der Waals surface area contributed by atoms with Crippen molar-refractivity contribution < 1.29 is 9.47 Å². The quantitative estimate of drug-likeness (QED) is 0.708. The van der Waals surface area contributed by atoms with Crippen LogP contribution in [0.25, 0.3) is 11.3 Å². The topological polar surface area (TPSA) is 75.2 Å². The number of ether oxygens (including phenoxy) is 2. The summed E-state index contributed by atoms with van der Waals surface area (Å²) in [6.07, 6.45) is 1.73. The summed E-state index contributed by atoms with van der Waals surface area (Å²) < 4.78 is 12.8. The summed E-state index contributed by atoms with van der Waals surface area (Å²) in [5.41, 5.74) is 8.33. The first-order chi connectivity index (χ1) is 11.3. The lowest BCUT2D eigenvalue weighted by Gasteiger charge is -2.09. The maximum Gasteiger partial charge on any atom is 0.121 e. The fourth-order valence-corrected chi connectivity index (χ4v) is 2.28. The monoisotopic (exact) mass is 310 g/mol. The van der Waals surface area contributed by atoms with Crippen LogP contribution in [-0.4, -0.2) is 28.7 Å². The van der Waals surface area contributed by atoms with Crippen molar-refractivity contribution in [3.05, 3.63) is 54.7 Å². The van der Waals surface area contributed by atoms with Crippen LogP contribution >= 0.6 is 0 Å². The highest BCUT2D eigenvalue weighted by Crippen LogP contribution is 2.23. The maximum atomic E-state index is 5.73. The molecular weight excluding hydrogens is 292 g/mol. The number of anilines is 1. The minimum absolute atomic E-state index is 0.476. The fraction of sp³-hybridized carbons (Fsp3) is 0.176. The van der Waals surface area contributed by atoms with Crippen LogP contribution in [0.15, 0.2) is 54.7 Å². The highest BCUT2D eigenvalue weighted by Gasteiger charge is 2.08. The molecule has 0 spiro atoms. The van der Waals surface area contributed by atoms with E-state index >= 15 is 0 Å². The van der Waals surface area contributed by atoms with E-state index in [9.17, 15) is 0 Å². The molecule has 23 heavy (non-hydrogen) atoms. The Morgan fingerprint density at radius 1 is 1.09 bits per heavy atom. The van der Waals surface area contributed by atoms with Crippen LogP contribution in [0.4, 0.5) is 5.69 Å². The first kappa shape index (κ1) is 14.9. The largest absolute Gasteiger partial charge is 0.497 e. The summed E-state index contributed by atoms with van der Waals surface area (Å²) in [5.74, 6) is 1.54. The number of aromatic nitrogens is 3. The van der Waals surface area contributed by atoms with Crippen LogP contribution in [-0.2, 0) is 6.54 Å². The lowest BCUT2D eigenvalue weighted by atomic mass is 10.1. The molecule has 0 aliphatic rings. The molecule has 0 bridgehead atoms. The minimum Gasteiger partial charge on any atom is -0.497 e. The number of nitrogens with zero attached hydrogens (tertiary/aromatic N) is 3. The van der Waals surface area contributed by atoms with Gasteiger partial charge in [-0.2, -0.15) is 0 Å². The highest BCUT2D eigenvalue weighted by atomic mass is 16.5. The molecule has 0 saturated heterocycles. The van der Waals surface area contributed by atoms with Gasteiger partial charge in [-0.25, -0.2) is 4.68 Å². The van der Waals surface area contributed by atoms with Crippen LogP contribution in [0.2, 0.25) is 0 Å². The van der Waals surface area contributed by atoms with Crippen molar-refractivity contribution in [2.75, 3.05) is 19.5 Å². The molecule has 0 aliphatic carbocycles. The second-order valence-electron chi connectivity index (χ2n) is 5.00. The summed E-state index contributed by atoms with van der Waals surface area (Å²) >= 11 is 0. The number of rotatable bonds is 6. The maximum absolute atomic E-state index is 5.73. The predicted molar refractivity (Wildman–Crippen MR) is 88.4 cm³/mol. The van der Waals surface area contributed by atoms with Gasteiger partial charge in [0.1, 0.15) is 18.1 Å². The first-order valence-corrected chi connectivity index (χ1v) is 7.27. The van der Waals surface area contributed by atoms with E-state index in [0.717, 1.165) is 22.8 Å². The van der Waals surface area contributed by atoms with E-state index in [2.05, 4.69) is 10.3 Å². The molecule has 6 heteroatoms. The molecule has 3 aromatic rings. The van der Waals surface area contributed by atoms with Crippen molar-refractivity contribution in [3.8, 4) is 22.8 Å². The number of methoxy groups -OCH3 is 1. The van der Waals surface area contributed by atoms with Crippen molar-refractivity contribution >= 4 is 5.69 Å². The van der Waals surface area contributed by atoms with Crippen molar-refractivity contribution in [1.29, 1.82) is 0 Å². The second-order valence-corrected chi connectivity index (χ2v) is 5.00. The molecule has 0 unspecified atom stereocenters. The summed E-state index contributed by atoms with van der Waals surface area (Å²) in [6.45, 7) is 1.06. The number of hydrogen-bond donors (Lipinski definition) is 1. The molecular formula is C17H18N4O2. The van der Waals surface area contributed by atoms with Gasteiger partial charge in [0, 0.05) is 17.3 Å². The first-order valence-electron chi connectivity index (χ1n) is 7.27. The third-order valence-electron chi connectivity index (χ3n) is 3.41. The van der Waals surface area contributed by atoms with E-state index in [1.54, 1.807) is 24.1 Å². The van der Waals surface area contributed by atoms with Crippen LogP contribution in [0.1, 0.15) is 0 Å². The zero-order valence-corrected chi connectivity index (χ0v) is 12.8. The SMILES string of the molecule is COc1cccc(-c2cnnn2CCOc2cccc(N)c2)c1. The lowest BCUT2D eigenvalue weighted by Crippen LogP contribution is -2.11. The Hall–Kier alpha value is -3.02. The molecule has 1 heterocycles. The summed E-state index contributed by atoms with van der Waals surface area (Å²) in [4.78, 5) is 0. The van der Waals surface area contributed by atoms with Gasteiger partial charge in [0.25, 0.3) is 0 Å². The molecule has 0 radical (unpaired) electrons. The van der Waals surface area contributed by atoms with Gasteiger partial charge in [-0.1, -0.05) is 23.4 Å². The summed E-state index contributed by atoms with van der Waals surface area (Å²) in [7, 11) is 1.65. The molecule has 0 atom stereocenters. The van der Waals surface area contributed by atoms with E-state index in [0.29, 0.717) is 18.8 Å². The Bertz CT molecular complexity index is 786. The Morgan fingerprint density at radius 3 is 2.74 bits per heavy atom. The van der Waals surface area contributed by atoms with Crippen molar-refractivity contribution in [3.63, 3.8) is 0 Å². The van der Waals surface area contributed by atoms with E-state index < -0.39 is 0 Å². The van der Waals surface area contributed by atoms with E-state index in [-0.39, 0.29) is 0 Å². The zero-order chi connectivity index (χ0) is 16.1. The Kier molecular flexibility index (Phi) is 4.42. The van der Waals surface area contributed by atoms with Gasteiger partial charge in [-0.15, -0.1) is 5.10 Å². The second kappa shape index (κ2) is 6.83. The average molecular weight is 310 g/mol. The van der Waals surface area contributed by atoms with E-state index in [4.69, 9.17) is 15.2 Å². The van der Waals surface area contributed by atoms with E-state index in [1.165, 1.54) is 0 Å². The molecule has 118 valence electrons. The predicted octanol–water partition coefficient (Wildman–Crippen LogP) is 2.61. The van der Waals surface area contributed by atoms with Crippen molar-refractivity contribution in [2.45, 2.75) is 6.54 Å². The minimum atomic E-state index is 0.476. The average Bonchev–Trinajstić information content (AvgIpc) is 3.03. The van der Waals surface area contributed by atoms with Crippen LogP contribution < -0.4 is 15.2 Å². The Morgan fingerprint density at radius 2 is 1.91 bits per heavy atom. The van der Waals surface area contributed by atoms with Crippen molar-refractivity contribution in [2.24, 2.45) is 0 Å². The lowest BCUT2D eigenvalue weighted by molar-refractivity contribution is 0.291. The van der Waals surface area contributed by atoms with Crippen LogP contribution in [0, 0.1) is 0 Å². The summed E-state index contributed by atoms with van der Waals surface area (Å²) in [6, 6.07) is 15.2. The third kappa shape index (κ3) is 3.60. The fourth-order valence-electron chi connectivity index (χ4n) is 2.28. The molecule has 2 N–H and O–H groups in total. The molecule has 0 amide bonds. The third-order valence-corrected chi connectivity index (χ3v) is 3.41. The molecule has 2 aromatic carbocycles. The Labute approximate surface area is 134 Å². The number of hydrogen-bond acceptors (Lipinski definition) is 5. The molecule has 0 saturated carbocycles. The van der Waals surface area contributed by atoms with Gasteiger partial charge in [0.15, 0.2) is 0 Å². The van der Waals surface area contributed by atoms with Crippen LogP contribution in [0.3, 0.4) is 0 Å². The van der Waals surface area contributed by atoms with E-state index in [1.807, 2.05) is 42.5 Å². The standard InChI is InChI=1S/C17H18N4O2/c1-22-15-6-2-4-13(10-15)17-12-19-20-21(17)8-9-23-16-7-3-5-14(18)11-16/h2-7,10-12H,8-9,18H2,1H3. The van der Waals surface area contributed by atoms with Gasteiger partial charge in [-0.3, -0.25) is 0 Å². The summed E-state index contributed by atoms with van der Waals surface area (Å²) in [5, 5.41) is 8.11. The highest BCUT2D eigenvalue weighted by molar-refractivity contribution is 5.60. The Balaban J connectivity index is 1.69. The van der Waals surface area contributed by atoms with Crippen molar-refractivity contribution in [1.82, 2.24) is 15.0 Å². The van der Waals surface area contributed by atoms with Gasteiger partial charge in [0.05, 0.1) is 25.5 Å². The number of nitrogen functional groups attached to an aromatic ring is 1. The van der Waals surface area contributed by atoms with Gasteiger partial charge in [0.2, 0.25) is 0 Å². The zero-order valence-electron chi connectivity index (χ0n) is 12.8. The van der Waals surface area contributed by atoms with Gasteiger partial charge < -0.3 is 15.2 Å². The number of nitrogens with two attached hydrogens (primary N) is 1. The smallest absolute Gasteiger partial charge is 0.121 e. The molecule has 0 aliphatic heterocycles. The van der Waals surface area contributed by atoms with Gasteiger partial charge in [-0.05, 0) is 24.3 Å². The molecule has 6 nitrogen and oxygen atoms in total. The molecule has 3 rings (SSSR count). The van der Waals surface area contributed by atoms with Gasteiger partial charge >= 0.3 is 0 Å².